The summed E-state index contributed by atoms with van der Waals surface area (Å²) in [6.07, 6.45) is 3.36. The van der Waals surface area contributed by atoms with Crippen molar-refractivity contribution in [3.05, 3.63) is 143 Å². The minimum atomic E-state index is -0.0672. The third-order valence-corrected chi connectivity index (χ3v) is 7.38. The molecule has 0 aliphatic rings. The molecule has 186 valence electrons. The Balaban J connectivity index is 1.34. The summed E-state index contributed by atoms with van der Waals surface area (Å²) < 4.78 is 2.13. The second-order valence-corrected chi connectivity index (χ2v) is 9.97. The standard InChI is InChI=1S/C33H31ClN2O/c1-36-23-31(29-14-8-9-15-32(29)36)30(26-16-18-27(34)19-17-26)22-33(37)35-21-20-28(24-10-4-2-5-11-24)25-12-6-3-7-13-25/h2-19,23,28,30H,20-22H2,1H3,(H,35,37)/t30-/m0/s1. The molecular weight excluding hydrogens is 476 g/mol. The SMILES string of the molecule is Cn1cc([C@@H](CC(=O)NCCC(c2ccccc2)c2ccccc2)c2ccc(Cl)cc2)c2ccccc21. The van der Waals surface area contributed by atoms with Gasteiger partial charge in [0.15, 0.2) is 0 Å². The maximum Gasteiger partial charge on any atom is 0.220 e. The second kappa shape index (κ2) is 11.5. The predicted octanol–water partition coefficient (Wildman–Crippen LogP) is 7.69. The highest BCUT2D eigenvalue weighted by molar-refractivity contribution is 6.30. The maximum atomic E-state index is 13.3. The molecule has 1 N–H and O–H groups in total. The van der Waals surface area contributed by atoms with Crippen LogP contribution in [0.15, 0.2) is 115 Å². The van der Waals surface area contributed by atoms with Gasteiger partial charge in [0.1, 0.15) is 0 Å². The number of amides is 1. The van der Waals surface area contributed by atoms with Crippen molar-refractivity contribution in [1.82, 2.24) is 9.88 Å². The highest BCUT2D eigenvalue weighted by atomic mass is 35.5. The van der Waals surface area contributed by atoms with E-state index >= 15 is 0 Å². The number of rotatable bonds is 9. The van der Waals surface area contributed by atoms with E-state index in [1.54, 1.807) is 0 Å². The fourth-order valence-corrected chi connectivity index (χ4v) is 5.39. The molecule has 1 aromatic heterocycles. The average molecular weight is 507 g/mol. The number of hydrogen-bond donors (Lipinski definition) is 1. The third-order valence-electron chi connectivity index (χ3n) is 7.12. The van der Waals surface area contributed by atoms with Gasteiger partial charge in [0.05, 0.1) is 0 Å². The first-order valence-electron chi connectivity index (χ1n) is 12.8. The molecule has 5 rings (SSSR count). The summed E-state index contributed by atoms with van der Waals surface area (Å²) in [6, 6.07) is 37.2. The van der Waals surface area contributed by atoms with E-state index in [0.29, 0.717) is 18.0 Å². The molecule has 1 atom stereocenters. The molecule has 4 heteroatoms. The minimum absolute atomic E-state index is 0.0488. The molecule has 0 saturated heterocycles. The van der Waals surface area contributed by atoms with Gasteiger partial charge in [-0.05, 0) is 46.9 Å². The summed E-state index contributed by atoms with van der Waals surface area (Å²) in [4.78, 5) is 13.3. The minimum Gasteiger partial charge on any atom is -0.356 e. The largest absolute Gasteiger partial charge is 0.356 e. The maximum absolute atomic E-state index is 13.3. The van der Waals surface area contributed by atoms with Crippen LogP contribution in [-0.4, -0.2) is 17.0 Å². The van der Waals surface area contributed by atoms with Gasteiger partial charge in [-0.15, -0.1) is 0 Å². The summed E-state index contributed by atoms with van der Waals surface area (Å²) in [5, 5.41) is 5.08. The van der Waals surface area contributed by atoms with Crippen LogP contribution in [0.5, 0.6) is 0 Å². The number of para-hydroxylation sites is 1. The molecule has 37 heavy (non-hydrogen) atoms. The van der Waals surface area contributed by atoms with Crippen LogP contribution in [0.2, 0.25) is 5.02 Å². The fraction of sp³-hybridized carbons (Fsp3) is 0.182. The molecule has 1 amide bonds. The van der Waals surface area contributed by atoms with E-state index in [4.69, 9.17) is 11.6 Å². The Morgan fingerprint density at radius 1 is 0.757 bits per heavy atom. The summed E-state index contributed by atoms with van der Waals surface area (Å²) in [7, 11) is 2.05. The highest BCUT2D eigenvalue weighted by Crippen LogP contribution is 2.35. The molecule has 0 unspecified atom stereocenters. The number of nitrogens with one attached hydrogen (secondary N) is 1. The van der Waals surface area contributed by atoms with Gasteiger partial charge in [-0.2, -0.15) is 0 Å². The number of aryl methyl sites for hydroxylation is 1. The van der Waals surface area contributed by atoms with Crippen LogP contribution in [0.4, 0.5) is 0 Å². The van der Waals surface area contributed by atoms with E-state index in [9.17, 15) is 4.79 Å². The monoisotopic (exact) mass is 506 g/mol. The molecule has 1 heterocycles. The Kier molecular flexibility index (Phi) is 7.72. The number of halogens is 1. The van der Waals surface area contributed by atoms with Crippen LogP contribution in [0.1, 0.15) is 46.9 Å². The van der Waals surface area contributed by atoms with E-state index in [-0.39, 0.29) is 17.7 Å². The Labute approximate surface area is 223 Å². The normalized spacial score (nSPS) is 12.1. The van der Waals surface area contributed by atoms with Gasteiger partial charge in [-0.1, -0.05) is 103 Å². The van der Waals surface area contributed by atoms with E-state index in [1.807, 2.05) is 42.5 Å². The molecule has 0 aliphatic heterocycles. The average Bonchev–Trinajstić information content (AvgIpc) is 3.27. The number of aromatic nitrogens is 1. The molecule has 0 aliphatic carbocycles. The first-order valence-corrected chi connectivity index (χ1v) is 13.1. The molecule has 0 spiro atoms. The molecule has 0 fully saturated rings. The number of hydrogen-bond acceptors (Lipinski definition) is 1. The number of carbonyl (C=O) groups is 1. The first-order chi connectivity index (χ1) is 18.1. The molecule has 3 nitrogen and oxygen atoms in total. The van der Waals surface area contributed by atoms with Crippen molar-refractivity contribution in [3.63, 3.8) is 0 Å². The molecular formula is C33H31ClN2O. The Hall–Kier alpha value is -3.82. The molecule has 0 bridgehead atoms. The van der Waals surface area contributed by atoms with Gasteiger partial charge in [-0.25, -0.2) is 0 Å². The number of nitrogens with zero attached hydrogens (tertiary/aromatic N) is 1. The van der Waals surface area contributed by atoms with Crippen molar-refractivity contribution in [2.75, 3.05) is 6.54 Å². The van der Waals surface area contributed by atoms with Gasteiger partial charge in [0.25, 0.3) is 0 Å². The Bertz CT molecular complexity index is 1420. The molecule has 4 aromatic carbocycles. The van der Waals surface area contributed by atoms with E-state index in [0.717, 1.165) is 23.1 Å². The van der Waals surface area contributed by atoms with Gasteiger partial charge >= 0.3 is 0 Å². The summed E-state index contributed by atoms with van der Waals surface area (Å²) in [5.74, 6) is 0.211. The van der Waals surface area contributed by atoms with Crippen LogP contribution in [-0.2, 0) is 11.8 Å². The fourth-order valence-electron chi connectivity index (χ4n) is 5.26. The van der Waals surface area contributed by atoms with Crippen LogP contribution < -0.4 is 5.32 Å². The number of benzene rings is 4. The molecule has 0 radical (unpaired) electrons. The predicted molar refractivity (Wildman–Crippen MR) is 153 cm³/mol. The summed E-state index contributed by atoms with van der Waals surface area (Å²) in [6.45, 7) is 0.607. The van der Waals surface area contributed by atoms with E-state index in [2.05, 4.69) is 89.9 Å². The third kappa shape index (κ3) is 5.79. The van der Waals surface area contributed by atoms with Crippen LogP contribution >= 0.6 is 11.6 Å². The zero-order chi connectivity index (χ0) is 25.6. The van der Waals surface area contributed by atoms with Crippen molar-refractivity contribution < 1.29 is 4.79 Å². The highest BCUT2D eigenvalue weighted by Gasteiger charge is 2.23. The zero-order valence-electron chi connectivity index (χ0n) is 21.0. The lowest BCUT2D eigenvalue weighted by Gasteiger charge is -2.20. The van der Waals surface area contributed by atoms with Crippen LogP contribution in [0.3, 0.4) is 0 Å². The van der Waals surface area contributed by atoms with Crippen molar-refractivity contribution in [1.29, 1.82) is 0 Å². The summed E-state index contributed by atoms with van der Waals surface area (Å²) >= 11 is 6.18. The lowest BCUT2D eigenvalue weighted by molar-refractivity contribution is -0.121. The van der Waals surface area contributed by atoms with Gasteiger partial charge in [0.2, 0.25) is 5.91 Å². The van der Waals surface area contributed by atoms with Crippen LogP contribution in [0, 0.1) is 0 Å². The Morgan fingerprint density at radius 2 is 1.32 bits per heavy atom. The molecule has 0 saturated carbocycles. The first kappa shape index (κ1) is 24.9. The van der Waals surface area contributed by atoms with Crippen molar-refractivity contribution in [2.24, 2.45) is 7.05 Å². The van der Waals surface area contributed by atoms with Gasteiger partial charge in [0, 0.05) is 54.0 Å². The topological polar surface area (TPSA) is 34.0 Å². The second-order valence-electron chi connectivity index (χ2n) is 9.53. The van der Waals surface area contributed by atoms with Gasteiger partial charge in [-0.3, -0.25) is 4.79 Å². The quantitative estimate of drug-likeness (QED) is 0.218. The smallest absolute Gasteiger partial charge is 0.220 e. The summed E-state index contributed by atoms with van der Waals surface area (Å²) in [5.41, 5.74) is 5.92. The zero-order valence-corrected chi connectivity index (χ0v) is 21.7. The Morgan fingerprint density at radius 3 is 1.97 bits per heavy atom. The van der Waals surface area contributed by atoms with Crippen molar-refractivity contribution in [2.45, 2.75) is 24.7 Å². The lowest BCUT2D eigenvalue weighted by atomic mass is 9.87. The molecule has 5 aromatic rings. The lowest BCUT2D eigenvalue weighted by Crippen LogP contribution is -2.27. The van der Waals surface area contributed by atoms with Crippen LogP contribution in [0.25, 0.3) is 10.9 Å². The van der Waals surface area contributed by atoms with E-state index < -0.39 is 0 Å². The van der Waals surface area contributed by atoms with Gasteiger partial charge < -0.3 is 9.88 Å². The van der Waals surface area contributed by atoms with Crippen molar-refractivity contribution >= 4 is 28.4 Å². The van der Waals surface area contributed by atoms with Crippen molar-refractivity contribution in [3.8, 4) is 0 Å². The van der Waals surface area contributed by atoms with E-state index in [1.165, 1.54) is 16.5 Å². The number of carbonyl (C=O) groups excluding carboxylic acids is 1. The number of fused-ring (bicyclic) bond motifs is 1.